The van der Waals surface area contributed by atoms with Gasteiger partial charge in [0.25, 0.3) is 0 Å². The van der Waals surface area contributed by atoms with Crippen LogP contribution in [0.2, 0.25) is 0 Å². The fourth-order valence-electron chi connectivity index (χ4n) is 2.42. The van der Waals surface area contributed by atoms with Crippen molar-refractivity contribution >= 4 is 16.7 Å². The second-order valence-electron chi connectivity index (χ2n) is 4.59. The highest BCUT2D eigenvalue weighted by Crippen LogP contribution is 2.43. The molecule has 114 valence electrons. The van der Waals surface area contributed by atoms with Gasteiger partial charge in [0.05, 0.1) is 26.8 Å². The van der Waals surface area contributed by atoms with Crippen molar-refractivity contribution in [2.75, 3.05) is 33.2 Å². The van der Waals surface area contributed by atoms with E-state index in [1.54, 1.807) is 21.3 Å². The van der Waals surface area contributed by atoms with Gasteiger partial charge < -0.3 is 19.5 Å². The summed E-state index contributed by atoms with van der Waals surface area (Å²) in [5.41, 5.74) is 1.97. The molecular weight excluding hydrogens is 268 g/mol. The first-order valence-electron chi connectivity index (χ1n) is 7.06. The third-order valence-electron chi connectivity index (χ3n) is 3.43. The average molecular weight is 290 g/mol. The Hall–Kier alpha value is -2.17. The van der Waals surface area contributed by atoms with Gasteiger partial charge in [-0.15, -0.1) is 0 Å². The number of anilines is 1. The summed E-state index contributed by atoms with van der Waals surface area (Å²) >= 11 is 0. The van der Waals surface area contributed by atoms with Gasteiger partial charge >= 0.3 is 0 Å². The summed E-state index contributed by atoms with van der Waals surface area (Å²) in [6, 6.07) is 3.97. The van der Waals surface area contributed by atoms with Gasteiger partial charge in [0.2, 0.25) is 5.75 Å². The van der Waals surface area contributed by atoms with Crippen LogP contribution >= 0.6 is 0 Å². The van der Waals surface area contributed by atoms with Crippen LogP contribution in [0.4, 0.5) is 5.82 Å². The standard InChI is InChI=1S/C16H22N2O3/c1-6-10-8-11-12(18-16(10)17-7-2)9-13(19-3)15(21-5)14(11)20-4/h8-9H,6-7H2,1-5H3,(H,17,18). The predicted molar refractivity (Wildman–Crippen MR) is 84.9 cm³/mol. The maximum atomic E-state index is 5.53. The minimum Gasteiger partial charge on any atom is -0.493 e. The van der Waals surface area contributed by atoms with E-state index in [0.29, 0.717) is 17.2 Å². The number of benzene rings is 1. The zero-order valence-electron chi connectivity index (χ0n) is 13.2. The monoisotopic (exact) mass is 290 g/mol. The molecule has 0 aliphatic heterocycles. The van der Waals surface area contributed by atoms with E-state index >= 15 is 0 Å². The van der Waals surface area contributed by atoms with Crippen molar-refractivity contribution in [2.24, 2.45) is 0 Å². The highest BCUT2D eigenvalue weighted by Gasteiger charge is 2.18. The molecular formula is C16H22N2O3. The molecule has 5 nitrogen and oxygen atoms in total. The first-order valence-corrected chi connectivity index (χ1v) is 7.06. The zero-order chi connectivity index (χ0) is 15.4. The number of pyridine rings is 1. The number of aryl methyl sites for hydroxylation is 1. The van der Waals surface area contributed by atoms with Crippen LogP contribution in [0.3, 0.4) is 0 Å². The van der Waals surface area contributed by atoms with E-state index in [-0.39, 0.29) is 0 Å². The number of aromatic nitrogens is 1. The maximum absolute atomic E-state index is 5.53. The van der Waals surface area contributed by atoms with Crippen molar-refractivity contribution < 1.29 is 14.2 Å². The smallest absolute Gasteiger partial charge is 0.204 e. The van der Waals surface area contributed by atoms with Crippen molar-refractivity contribution in [3.63, 3.8) is 0 Å². The van der Waals surface area contributed by atoms with E-state index < -0.39 is 0 Å². The third-order valence-corrected chi connectivity index (χ3v) is 3.43. The lowest BCUT2D eigenvalue weighted by molar-refractivity contribution is 0.327. The van der Waals surface area contributed by atoms with Gasteiger partial charge in [0.15, 0.2) is 11.5 Å². The minimum absolute atomic E-state index is 0.590. The Labute approximate surface area is 125 Å². The van der Waals surface area contributed by atoms with E-state index in [4.69, 9.17) is 19.2 Å². The van der Waals surface area contributed by atoms with Crippen LogP contribution in [-0.4, -0.2) is 32.9 Å². The second kappa shape index (κ2) is 6.52. The summed E-state index contributed by atoms with van der Waals surface area (Å²) in [6.07, 6.45) is 0.892. The quantitative estimate of drug-likeness (QED) is 0.885. The first kappa shape index (κ1) is 15.2. The molecule has 0 radical (unpaired) electrons. The van der Waals surface area contributed by atoms with Gasteiger partial charge in [-0.2, -0.15) is 0 Å². The molecule has 1 aromatic heterocycles. The first-order chi connectivity index (χ1) is 10.2. The molecule has 0 aliphatic carbocycles. The maximum Gasteiger partial charge on any atom is 0.204 e. The Kier molecular flexibility index (Phi) is 4.73. The molecule has 0 saturated carbocycles. The van der Waals surface area contributed by atoms with Crippen LogP contribution in [0, 0.1) is 0 Å². The molecule has 0 unspecified atom stereocenters. The summed E-state index contributed by atoms with van der Waals surface area (Å²) in [5.74, 6) is 2.76. The number of hydrogen-bond donors (Lipinski definition) is 1. The number of rotatable bonds is 6. The van der Waals surface area contributed by atoms with Crippen LogP contribution in [0.1, 0.15) is 19.4 Å². The van der Waals surface area contributed by atoms with E-state index in [9.17, 15) is 0 Å². The van der Waals surface area contributed by atoms with Gasteiger partial charge in [-0.3, -0.25) is 0 Å². The molecule has 1 heterocycles. The van der Waals surface area contributed by atoms with Crippen molar-refractivity contribution in [3.8, 4) is 17.2 Å². The van der Waals surface area contributed by atoms with E-state index in [2.05, 4.69) is 25.2 Å². The average Bonchev–Trinajstić information content (AvgIpc) is 2.52. The highest BCUT2D eigenvalue weighted by molar-refractivity contribution is 5.92. The number of ether oxygens (including phenoxy) is 3. The second-order valence-corrected chi connectivity index (χ2v) is 4.59. The molecule has 0 bridgehead atoms. The van der Waals surface area contributed by atoms with Crippen LogP contribution < -0.4 is 19.5 Å². The molecule has 5 heteroatoms. The molecule has 0 fully saturated rings. The third kappa shape index (κ3) is 2.68. The van der Waals surface area contributed by atoms with E-state index in [1.165, 1.54) is 0 Å². The predicted octanol–water partition coefficient (Wildman–Crippen LogP) is 3.25. The molecule has 0 saturated heterocycles. The van der Waals surface area contributed by atoms with Gasteiger partial charge in [0.1, 0.15) is 5.82 Å². The largest absolute Gasteiger partial charge is 0.493 e. The van der Waals surface area contributed by atoms with Crippen molar-refractivity contribution in [3.05, 3.63) is 17.7 Å². The Morgan fingerprint density at radius 1 is 1.00 bits per heavy atom. The Balaban J connectivity index is 2.79. The van der Waals surface area contributed by atoms with Crippen molar-refractivity contribution in [1.29, 1.82) is 0 Å². The Morgan fingerprint density at radius 3 is 2.24 bits per heavy atom. The zero-order valence-corrected chi connectivity index (χ0v) is 13.2. The Morgan fingerprint density at radius 2 is 1.71 bits per heavy atom. The summed E-state index contributed by atoms with van der Waals surface area (Å²) in [6.45, 7) is 4.99. The minimum atomic E-state index is 0.590. The summed E-state index contributed by atoms with van der Waals surface area (Å²) in [4.78, 5) is 4.70. The van der Waals surface area contributed by atoms with Crippen LogP contribution in [0.15, 0.2) is 12.1 Å². The van der Waals surface area contributed by atoms with E-state index in [1.807, 2.05) is 6.07 Å². The van der Waals surface area contributed by atoms with Gasteiger partial charge in [-0.25, -0.2) is 4.98 Å². The van der Waals surface area contributed by atoms with E-state index in [0.717, 1.165) is 35.2 Å². The number of nitrogens with one attached hydrogen (secondary N) is 1. The van der Waals surface area contributed by atoms with Crippen molar-refractivity contribution in [2.45, 2.75) is 20.3 Å². The highest BCUT2D eigenvalue weighted by atomic mass is 16.5. The number of nitrogens with zero attached hydrogens (tertiary/aromatic N) is 1. The lowest BCUT2D eigenvalue weighted by Crippen LogP contribution is -2.04. The SMILES string of the molecule is CCNc1nc2cc(OC)c(OC)c(OC)c2cc1CC. The lowest BCUT2D eigenvalue weighted by atomic mass is 10.1. The number of hydrogen-bond acceptors (Lipinski definition) is 5. The summed E-state index contributed by atoms with van der Waals surface area (Å²) in [5, 5.41) is 4.22. The molecule has 0 atom stereocenters. The van der Waals surface area contributed by atoms with Crippen LogP contribution in [0.25, 0.3) is 10.9 Å². The fraction of sp³-hybridized carbons (Fsp3) is 0.438. The van der Waals surface area contributed by atoms with Crippen LogP contribution in [-0.2, 0) is 6.42 Å². The number of fused-ring (bicyclic) bond motifs is 1. The van der Waals surface area contributed by atoms with Gasteiger partial charge in [-0.1, -0.05) is 6.92 Å². The molecule has 1 N–H and O–H groups in total. The van der Waals surface area contributed by atoms with Gasteiger partial charge in [0, 0.05) is 18.0 Å². The summed E-state index contributed by atoms with van der Waals surface area (Å²) in [7, 11) is 4.84. The summed E-state index contributed by atoms with van der Waals surface area (Å²) < 4.78 is 16.3. The van der Waals surface area contributed by atoms with Crippen LogP contribution in [0.5, 0.6) is 17.2 Å². The molecule has 0 amide bonds. The topological polar surface area (TPSA) is 52.6 Å². The Bertz CT molecular complexity index is 641. The molecule has 0 aliphatic rings. The molecule has 2 rings (SSSR count). The molecule has 1 aromatic carbocycles. The number of methoxy groups -OCH3 is 3. The fourth-order valence-corrected chi connectivity index (χ4v) is 2.42. The molecule has 21 heavy (non-hydrogen) atoms. The molecule has 0 spiro atoms. The normalized spacial score (nSPS) is 10.5. The van der Waals surface area contributed by atoms with Gasteiger partial charge in [-0.05, 0) is 25.0 Å². The van der Waals surface area contributed by atoms with Crippen molar-refractivity contribution in [1.82, 2.24) is 4.98 Å². The lowest BCUT2D eigenvalue weighted by Gasteiger charge is -2.16. The molecule has 2 aromatic rings.